The lowest BCUT2D eigenvalue weighted by atomic mass is 9.44. The Morgan fingerprint density at radius 1 is 0.857 bits per heavy atom. The molecule has 4 bridgehead atoms. The predicted molar refractivity (Wildman–Crippen MR) is 148 cm³/mol. The van der Waals surface area contributed by atoms with Gasteiger partial charge in [-0.15, -0.1) is 0 Å². The van der Waals surface area contributed by atoms with Gasteiger partial charge in [0.15, 0.2) is 16.6 Å². The molecule has 35 heavy (non-hydrogen) atoms. The number of hydrogen-bond donors (Lipinski definition) is 0. The van der Waals surface area contributed by atoms with Gasteiger partial charge in [0, 0.05) is 13.2 Å². The van der Waals surface area contributed by atoms with Crippen molar-refractivity contribution in [3.63, 3.8) is 0 Å². The van der Waals surface area contributed by atoms with Crippen LogP contribution in [0.2, 0.25) is 36.3 Å². The average molecular weight is 519 g/mol. The predicted octanol–water partition coefficient (Wildman–Crippen LogP) is 7.38. The molecule has 0 N–H and O–H groups in total. The van der Waals surface area contributed by atoms with E-state index in [1.807, 2.05) is 0 Å². The molecule has 4 aliphatic heterocycles. The van der Waals surface area contributed by atoms with Gasteiger partial charge in [-0.2, -0.15) is 0 Å². The highest BCUT2D eigenvalue weighted by atomic mass is 28.4. The number of hydrogen-bond acceptors (Lipinski definition) is 4. The van der Waals surface area contributed by atoms with Crippen LogP contribution in [0.1, 0.15) is 74.1 Å². The fourth-order valence-corrected chi connectivity index (χ4v) is 9.40. The summed E-state index contributed by atoms with van der Waals surface area (Å²) in [5.41, 5.74) is 0.283. The van der Waals surface area contributed by atoms with E-state index < -0.39 is 22.2 Å². The Labute approximate surface area is 216 Å². The van der Waals surface area contributed by atoms with Crippen molar-refractivity contribution >= 4 is 16.6 Å². The van der Waals surface area contributed by atoms with Gasteiger partial charge in [0.25, 0.3) is 0 Å². The van der Waals surface area contributed by atoms with Gasteiger partial charge >= 0.3 is 0 Å². The molecule has 1 spiro atoms. The van der Waals surface area contributed by atoms with Crippen LogP contribution in [0, 0.1) is 10.8 Å². The summed E-state index contributed by atoms with van der Waals surface area (Å²) in [5.74, 6) is 0. The largest absolute Gasteiger partial charge is 0.416 e. The van der Waals surface area contributed by atoms with Crippen molar-refractivity contribution in [2.45, 2.75) is 134 Å². The smallest absolute Gasteiger partial charge is 0.192 e. The summed E-state index contributed by atoms with van der Waals surface area (Å²) in [6.07, 6.45) is 11.9. The van der Waals surface area contributed by atoms with Crippen molar-refractivity contribution in [3.8, 4) is 0 Å². The van der Waals surface area contributed by atoms with Crippen LogP contribution in [-0.4, -0.2) is 53.3 Å². The van der Waals surface area contributed by atoms with Crippen LogP contribution in [0.3, 0.4) is 0 Å². The van der Waals surface area contributed by atoms with E-state index in [0.29, 0.717) is 13.2 Å². The molecule has 0 unspecified atom stereocenters. The van der Waals surface area contributed by atoms with Gasteiger partial charge in [-0.05, 0) is 74.4 Å². The molecule has 3 fully saturated rings. The normalized spacial score (nSPS) is 42.4. The van der Waals surface area contributed by atoms with E-state index in [0.717, 1.165) is 12.8 Å². The van der Waals surface area contributed by atoms with Gasteiger partial charge in [0.1, 0.15) is 5.60 Å². The summed E-state index contributed by atoms with van der Waals surface area (Å²) in [6.45, 7) is 27.2. The molecule has 4 heterocycles. The van der Waals surface area contributed by atoms with Crippen LogP contribution in [0.4, 0.5) is 0 Å². The van der Waals surface area contributed by atoms with Gasteiger partial charge in [-0.1, -0.05) is 59.8 Å². The second kappa shape index (κ2) is 7.44. The number of ether oxygens (including phenoxy) is 2. The van der Waals surface area contributed by atoms with Crippen molar-refractivity contribution in [2.24, 2.45) is 10.8 Å². The maximum Gasteiger partial charge on any atom is 0.192 e. The molecule has 1 aliphatic carbocycles. The summed E-state index contributed by atoms with van der Waals surface area (Å²) < 4.78 is 28.5. The lowest BCUT2D eigenvalue weighted by Gasteiger charge is -2.58. The molecule has 4 nitrogen and oxygen atoms in total. The highest BCUT2D eigenvalue weighted by molar-refractivity contribution is 6.74. The molecule has 0 aromatic heterocycles. The fourth-order valence-electron chi connectivity index (χ4n) is 7.35. The Bertz CT molecular complexity index is 957. The van der Waals surface area contributed by atoms with Crippen LogP contribution >= 0.6 is 0 Å². The van der Waals surface area contributed by atoms with E-state index in [1.165, 1.54) is 18.4 Å². The first kappa shape index (κ1) is 26.4. The number of rotatable bonds is 6. The fraction of sp³-hybridized carbons (Fsp3) is 0.862. The third-order valence-electron chi connectivity index (χ3n) is 11.7. The van der Waals surface area contributed by atoms with Crippen molar-refractivity contribution in [1.82, 2.24) is 0 Å². The molecule has 1 saturated carbocycles. The van der Waals surface area contributed by atoms with Crippen LogP contribution in [-0.2, 0) is 18.3 Å². The molecule has 6 heteroatoms. The van der Waals surface area contributed by atoms with Gasteiger partial charge in [-0.25, -0.2) is 0 Å². The summed E-state index contributed by atoms with van der Waals surface area (Å²) >= 11 is 0. The first-order valence-electron chi connectivity index (χ1n) is 13.9. The topological polar surface area (TPSA) is 36.9 Å². The van der Waals surface area contributed by atoms with Crippen molar-refractivity contribution in [2.75, 3.05) is 13.2 Å². The second-order valence-electron chi connectivity index (χ2n) is 15.3. The third kappa shape index (κ3) is 3.10. The molecule has 5 aliphatic rings. The van der Waals surface area contributed by atoms with E-state index >= 15 is 0 Å². The van der Waals surface area contributed by atoms with E-state index in [4.69, 9.17) is 18.3 Å². The minimum absolute atomic E-state index is 0.00656. The first-order valence-corrected chi connectivity index (χ1v) is 19.8. The molecular formula is C29H50O4Si2. The lowest BCUT2D eigenvalue weighted by molar-refractivity contribution is -0.107. The second-order valence-corrected chi connectivity index (χ2v) is 24.9. The Morgan fingerprint density at radius 3 is 2.00 bits per heavy atom. The zero-order chi connectivity index (χ0) is 25.9. The van der Waals surface area contributed by atoms with Crippen LogP contribution in [0.5, 0.6) is 0 Å². The molecule has 198 valence electrons. The zero-order valence-electron chi connectivity index (χ0n) is 24.3. The Kier molecular flexibility index (Phi) is 5.61. The zero-order valence-corrected chi connectivity index (χ0v) is 26.3. The monoisotopic (exact) mass is 518 g/mol. The Hall–Kier alpha value is -0.246. The van der Waals surface area contributed by atoms with Crippen molar-refractivity contribution in [3.05, 3.63) is 23.8 Å². The molecule has 0 amide bonds. The highest BCUT2D eigenvalue weighted by Crippen LogP contribution is 2.79. The highest BCUT2D eigenvalue weighted by Gasteiger charge is 2.87. The maximum absolute atomic E-state index is 7.24. The minimum atomic E-state index is -1.99. The van der Waals surface area contributed by atoms with Crippen LogP contribution in [0.15, 0.2) is 23.8 Å². The molecule has 6 atom stereocenters. The van der Waals surface area contributed by atoms with Crippen molar-refractivity contribution < 1.29 is 18.3 Å². The van der Waals surface area contributed by atoms with E-state index in [2.05, 4.69) is 92.9 Å². The van der Waals surface area contributed by atoms with Gasteiger partial charge < -0.3 is 18.3 Å². The Morgan fingerprint density at radius 2 is 1.43 bits per heavy atom. The molecule has 0 aromatic carbocycles. The summed E-state index contributed by atoms with van der Waals surface area (Å²) in [6, 6.07) is 0. The van der Waals surface area contributed by atoms with Crippen LogP contribution < -0.4 is 0 Å². The quantitative estimate of drug-likeness (QED) is 0.271. The molecule has 5 rings (SSSR count). The first-order chi connectivity index (χ1) is 15.9. The third-order valence-corrected chi connectivity index (χ3v) is 20.6. The van der Waals surface area contributed by atoms with Crippen molar-refractivity contribution in [1.29, 1.82) is 0 Å². The summed E-state index contributed by atoms with van der Waals surface area (Å²) in [7, 11) is -3.97. The van der Waals surface area contributed by atoms with E-state index in [1.54, 1.807) is 0 Å². The summed E-state index contributed by atoms with van der Waals surface area (Å²) in [5, 5.41) is 0.311. The van der Waals surface area contributed by atoms with Gasteiger partial charge in [0.05, 0.1) is 28.6 Å². The van der Waals surface area contributed by atoms with E-state index in [9.17, 15) is 0 Å². The standard InChI is InChI=1S/C29H50O4Si2/c1-24(2,3)34(8,9)30-19-27-23-18-21-14-12-13-16-29(21,33-23)28(27,22-15-17-26(27,7)32-22)20-31-35(10,11)25(4,5)6/h15,17-18,22-23H,12-14,16,19-20H2,1-11H3/t22-,23-,26+,27+,28-,29+/m1/s1. The van der Waals surface area contributed by atoms with E-state index in [-0.39, 0.29) is 38.7 Å². The average Bonchev–Trinajstić information content (AvgIpc) is 3.42. The lowest BCUT2D eigenvalue weighted by Crippen LogP contribution is -2.68. The molecule has 2 saturated heterocycles. The Balaban J connectivity index is 1.64. The minimum Gasteiger partial charge on any atom is -0.416 e. The summed E-state index contributed by atoms with van der Waals surface area (Å²) in [4.78, 5) is 0. The van der Waals surface area contributed by atoms with Crippen LogP contribution in [0.25, 0.3) is 0 Å². The molecule has 0 radical (unpaired) electrons. The maximum atomic E-state index is 7.24. The molecule has 0 aromatic rings. The number of fused-ring (bicyclic) bond motifs is 7. The van der Waals surface area contributed by atoms with Gasteiger partial charge in [-0.3, -0.25) is 0 Å². The molecular weight excluding hydrogens is 468 g/mol. The SMILES string of the molecule is CC(C)(C)[Si](C)(C)OC[C@@]12[C@H]3C=C[C@](C)(O3)[C@]1(CO[Si](C)(C)C(C)(C)C)[C@H]1C=C3CCCC[C@]32O1. The van der Waals surface area contributed by atoms with Gasteiger partial charge in [0.2, 0.25) is 0 Å².